The second-order valence-electron chi connectivity index (χ2n) is 7.00. The molecular formula is C22H20ClN5O2. The predicted octanol–water partition coefficient (Wildman–Crippen LogP) is 3.96. The van der Waals surface area contributed by atoms with Gasteiger partial charge in [-0.25, -0.2) is 9.97 Å². The molecule has 30 heavy (non-hydrogen) atoms. The first-order valence-electron chi connectivity index (χ1n) is 9.59. The molecule has 1 aliphatic heterocycles. The van der Waals surface area contributed by atoms with Gasteiger partial charge in [-0.1, -0.05) is 23.7 Å². The van der Waals surface area contributed by atoms with Crippen LogP contribution in [0.5, 0.6) is 0 Å². The van der Waals surface area contributed by atoms with Crippen LogP contribution in [0.25, 0.3) is 11.3 Å². The van der Waals surface area contributed by atoms with E-state index >= 15 is 0 Å². The number of fused-ring (bicyclic) bond motifs is 3. The van der Waals surface area contributed by atoms with E-state index in [1.54, 1.807) is 36.5 Å². The van der Waals surface area contributed by atoms with Gasteiger partial charge in [0, 0.05) is 40.0 Å². The maximum Gasteiger partial charge on any atom is 0.228 e. The quantitative estimate of drug-likeness (QED) is 0.519. The van der Waals surface area contributed by atoms with Crippen molar-refractivity contribution in [3.05, 3.63) is 64.8 Å². The van der Waals surface area contributed by atoms with Crippen molar-refractivity contribution >= 4 is 40.6 Å². The summed E-state index contributed by atoms with van der Waals surface area (Å²) >= 11 is 6.08. The highest BCUT2D eigenvalue weighted by atomic mass is 35.5. The number of benzene rings is 2. The minimum absolute atomic E-state index is 0.0438. The fourth-order valence-corrected chi connectivity index (χ4v) is 3.50. The van der Waals surface area contributed by atoms with E-state index in [4.69, 9.17) is 17.3 Å². The molecule has 4 N–H and O–H groups in total. The Hall–Kier alpha value is -3.29. The molecule has 0 radical (unpaired) electrons. The standard InChI is InChI=1S/C22H20ClN5O2/c23-15-6-7-17-18(11-15)27-20(30)10-14-12-25-22(28-21(14)17)26-16-4-1-3-13(9-16)19(29)5-2-8-24/h1,3-4,6-7,9,11-12H,2,5,8,10,24H2,(H,27,30)(H,25,26,28). The van der Waals surface area contributed by atoms with E-state index in [1.165, 1.54) is 0 Å². The second-order valence-corrected chi connectivity index (χ2v) is 7.44. The van der Waals surface area contributed by atoms with Crippen LogP contribution >= 0.6 is 11.6 Å². The first-order chi connectivity index (χ1) is 14.5. The highest BCUT2D eigenvalue weighted by molar-refractivity contribution is 6.31. The first-order valence-corrected chi connectivity index (χ1v) is 9.97. The van der Waals surface area contributed by atoms with Crippen LogP contribution in [-0.2, 0) is 11.2 Å². The number of halogens is 1. The summed E-state index contributed by atoms with van der Waals surface area (Å²) in [5.74, 6) is 0.267. The lowest BCUT2D eigenvalue weighted by atomic mass is 10.1. The summed E-state index contributed by atoms with van der Waals surface area (Å²) in [5, 5.41) is 6.54. The van der Waals surface area contributed by atoms with E-state index in [1.807, 2.05) is 12.1 Å². The smallest absolute Gasteiger partial charge is 0.228 e. The average molecular weight is 422 g/mol. The van der Waals surface area contributed by atoms with Crippen LogP contribution in [-0.4, -0.2) is 28.2 Å². The Balaban J connectivity index is 1.65. The van der Waals surface area contributed by atoms with Crippen LogP contribution in [0.15, 0.2) is 48.7 Å². The topological polar surface area (TPSA) is 110 Å². The van der Waals surface area contributed by atoms with Gasteiger partial charge in [0.25, 0.3) is 0 Å². The fraction of sp³-hybridized carbons (Fsp3) is 0.182. The van der Waals surface area contributed by atoms with E-state index in [9.17, 15) is 9.59 Å². The van der Waals surface area contributed by atoms with Crippen molar-refractivity contribution in [3.8, 4) is 11.3 Å². The predicted molar refractivity (Wildman–Crippen MR) is 117 cm³/mol. The molecule has 2 aromatic carbocycles. The lowest BCUT2D eigenvalue weighted by Crippen LogP contribution is -2.12. The van der Waals surface area contributed by atoms with Gasteiger partial charge in [-0.2, -0.15) is 0 Å². The summed E-state index contributed by atoms with van der Waals surface area (Å²) in [4.78, 5) is 33.5. The van der Waals surface area contributed by atoms with Gasteiger partial charge in [-0.15, -0.1) is 0 Å². The zero-order chi connectivity index (χ0) is 21.1. The first kappa shape index (κ1) is 20.0. The Morgan fingerprint density at radius 3 is 2.93 bits per heavy atom. The van der Waals surface area contributed by atoms with Gasteiger partial charge in [-0.05, 0) is 43.3 Å². The molecule has 0 aliphatic carbocycles. The Morgan fingerprint density at radius 1 is 1.23 bits per heavy atom. The minimum Gasteiger partial charge on any atom is -0.330 e. The second kappa shape index (κ2) is 8.61. The van der Waals surface area contributed by atoms with Crippen molar-refractivity contribution in [2.75, 3.05) is 17.2 Å². The monoisotopic (exact) mass is 421 g/mol. The summed E-state index contributed by atoms with van der Waals surface area (Å²) in [6.07, 6.45) is 2.88. The lowest BCUT2D eigenvalue weighted by molar-refractivity contribution is -0.115. The van der Waals surface area contributed by atoms with E-state index in [2.05, 4.69) is 20.6 Å². The highest BCUT2D eigenvalue weighted by Crippen LogP contribution is 2.34. The molecule has 4 rings (SSSR count). The fourth-order valence-electron chi connectivity index (χ4n) is 3.33. The molecule has 3 aromatic rings. The summed E-state index contributed by atoms with van der Waals surface area (Å²) in [6, 6.07) is 12.5. The van der Waals surface area contributed by atoms with Crippen LogP contribution < -0.4 is 16.4 Å². The molecule has 0 unspecified atom stereocenters. The summed E-state index contributed by atoms with van der Waals surface area (Å²) in [5.41, 5.74) is 9.58. The number of carbonyl (C=O) groups is 2. The van der Waals surface area contributed by atoms with Crippen molar-refractivity contribution < 1.29 is 9.59 Å². The normalized spacial score (nSPS) is 12.4. The number of rotatable bonds is 6. The molecular weight excluding hydrogens is 402 g/mol. The summed E-state index contributed by atoms with van der Waals surface area (Å²) in [6.45, 7) is 0.483. The maximum atomic E-state index is 12.3. The van der Waals surface area contributed by atoms with Crippen LogP contribution in [0.4, 0.5) is 17.3 Å². The number of nitrogens with two attached hydrogens (primary N) is 1. The lowest BCUT2D eigenvalue weighted by Gasteiger charge is -2.11. The molecule has 152 valence electrons. The third-order valence-electron chi connectivity index (χ3n) is 4.78. The van der Waals surface area contributed by atoms with Crippen LogP contribution in [0.3, 0.4) is 0 Å². The molecule has 0 saturated carbocycles. The van der Waals surface area contributed by atoms with Gasteiger partial charge < -0.3 is 16.4 Å². The molecule has 0 fully saturated rings. The number of nitrogens with one attached hydrogen (secondary N) is 2. The number of carbonyl (C=O) groups excluding carboxylic acids is 2. The highest BCUT2D eigenvalue weighted by Gasteiger charge is 2.21. The largest absolute Gasteiger partial charge is 0.330 e. The van der Waals surface area contributed by atoms with Crippen LogP contribution in [0.2, 0.25) is 5.02 Å². The van der Waals surface area contributed by atoms with Gasteiger partial charge >= 0.3 is 0 Å². The number of Topliss-reactive ketones (excluding diaryl/α,β-unsaturated/α-hetero) is 1. The molecule has 2 heterocycles. The van der Waals surface area contributed by atoms with Gasteiger partial charge in [0.05, 0.1) is 17.8 Å². The molecule has 0 saturated heterocycles. The Kier molecular flexibility index (Phi) is 5.74. The maximum absolute atomic E-state index is 12.3. The summed E-state index contributed by atoms with van der Waals surface area (Å²) in [7, 11) is 0. The molecule has 1 aliphatic rings. The SMILES string of the molecule is NCCCC(=O)c1cccc(Nc2ncc3c(n2)-c2ccc(Cl)cc2NC(=O)C3)c1. The van der Waals surface area contributed by atoms with Crippen molar-refractivity contribution in [2.45, 2.75) is 19.3 Å². The molecule has 7 nitrogen and oxygen atoms in total. The molecule has 8 heteroatoms. The zero-order valence-electron chi connectivity index (χ0n) is 16.1. The van der Waals surface area contributed by atoms with Crippen molar-refractivity contribution in [2.24, 2.45) is 5.73 Å². The third-order valence-corrected chi connectivity index (χ3v) is 5.01. The Bertz CT molecular complexity index is 1130. The van der Waals surface area contributed by atoms with E-state index < -0.39 is 0 Å². The van der Waals surface area contributed by atoms with Crippen molar-refractivity contribution in [3.63, 3.8) is 0 Å². The molecule has 0 spiro atoms. The number of ketones is 1. The molecule has 0 atom stereocenters. The molecule has 1 amide bonds. The number of hydrogen-bond donors (Lipinski definition) is 3. The molecule has 1 aromatic heterocycles. The van der Waals surface area contributed by atoms with E-state index in [-0.39, 0.29) is 18.1 Å². The average Bonchev–Trinajstić information content (AvgIpc) is 2.86. The van der Waals surface area contributed by atoms with Crippen LogP contribution in [0.1, 0.15) is 28.8 Å². The van der Waals surface area contributed by atoms with Crippen molar-refractivity contribution in [1.29, 1.82) is 0 Å². The zero-order valence-corrected chi connectivity index (χ0v) is 16.9. The van der Waals surface area contributed by atoms with Gasteiger partial charge in [-0.3, -0.25) is 9.59 Å². The summed E-state index contributed by atoms with van der Waals surface area (Å²) < 4.78 is 0. The van der Waals surface area contributed by atoms with Gasteiger partial charge in [0.2, 0.25) is 11.9 Å². The molecule has 0 bridgehead atoms. The number of nitrogens with zero attached hydrogens (tertiary/aromatic N) is 2. The minimum atomic E-state index is -0.148. The van der Waals surface area contributed by atoms with E-state index in [0.29, 0.717) is 53.0 Å². The van der Waals surface area contributed by atoms with Gasteiger partial charge in [0.1, 0.15) is 0 Å². The Morgan fingerprint density at radius 2 is 2.10 bits per heavy atom. The number of amides is 1. The number of anilines is 3. The Labute approximate surface area is 178 Å². The van der Waals surface area contributed by atoms with E-state index in [0.717, 1.165) is 11.1 Å². The van der Waals surface area contributed by atoms with Crippen molar-refractivity contribution in [1.82, 2.24) is 9.97 Å². The number of hydrogen-bond acceptors (Lipinski definition) is 6. The van der Waals surface area contributed by atoms with Gasteiger partial charge in [0.15, 0.2) is 5.78 Å². The third kappa shape index (κ3) is 4.32. The van der Waals surface area contributed by atoms with Crippen LogP contribution in [0, 0.1) is 0 Å². The number of aromatic nitrogens is 2.